The van der Waals surface area contributed by atoms with Crippen LogP contribution in [0.25, 0.3) is 6.08 Å². The Kier molecular flexibility index (Phi) is 4.84. The first-order valence-electron chi connectivity index (χ1n) is 8.02. The molecule has 2 heterocycles. The van der Waals surface area contributed by atoms with E-state index in [0.717, 1.165) is 36.6 Å². The predicted molar refractivity (Wildman–Crippen MR) is 96.4 cm³/mol. The second-order valence-electron chi connectivity index (χ2n) is 5.52. The predicted octanol–water partition coefficient (Wildman–Crippen LogP) is 3.48. The van der Waals surface area contributed by atoms with E-state index in [1.54, 1.807) is 14.2 Å². The molecule has 1 N–H and O–H groups in total. The summed E-state index contributed by atoms with van der Waals surface area (Å²) in [4.78, 5) is 11.4. The van der Waals surface area contributed by atoms with E-state index in [4.69, 9.17) is 9.47 Å². The molecular weight excluding hydrogens is 304 g/mol. The number of methoxy groups -OCH3 is 2. The van der Waals surface area contributed by atoms with Crippen molar-refractivity contribution in [2.24, 2.45) is 0 Å². The maximum absolute atomic E-state index is 5.33. The van der Waals surface area contributed by atoms with Crippen molar-refractivity contribution in [3.8, 4) is 11.5 Å². The molecule has 6 nitrogen and oxygen atoms in total. The Morgan fingerprint density at radius 1 is 1.21 bits per heavy atom. The molecule has 0 amide bonds. The Morgan fingerprint density at radius 2 is 2.04 bits per heavy atom. The lowest BCUT2D eigenvalue weighted by molar-refractivity contribution is 0.355. The second-order valence-corrected chi connectivity index (χ2v) is 5.52. The number of hydrogen-bond acceptors (Lipinski definition) is 6. The fraction of sp³-hybridized carbons (Fsp3) is 0.333. The van der Waals surface area contributed by atoms with Crippen molar-refractivity contribution >= 4 is 23.5 Å². The van der Waals surface area contributed by atoms with Crippen molar-refractivity contribution in [3.63, 3.8) is 0 Å². The molecule has 1 aliphatic heterocycles. The molecule has 6 heteroatoms. The summed E-state index contributed by atoms with van der Waals surface area (Å²) in [6, 6.07) is 5.63. The average molecular weight is 326 g/mol. The summed E-state index contributed by atoms with van der Waals surface area (Å²) < 4.78 is 10.6. The highest BCUT2D eigenvalue weighted by Crippen LogP contribution is 2.31. The highest BCUT2D eigenvalue weighted by molar-refractivity contribution is 5.69. The molecule has 0 saturated carbocycles. The number of aromatic nitrogens is 2. The molecular formula is C18H22N4O2. The zero-order valence-corrected chi connectivity index (χ0v) is 14.2. The van der Waals surface area contributed by atoms with Gasteiger partial charge in [0.1, 0.15) is 5.82 Å². The standard InChI is InChI=1S/C18H22N4O2/c1-4-9-22-10-5-6-13-12-19-18(21-17(13)22)20-14-7-8-15(23-2)16(11-14)24-3/h5-8,11-12H,4,9-10H2,1-3H3,(H,19,20,21). The van der Waals surface area contributed by atoms with E-state index >= 15 is 0 Å². The molecule has 1 aromatic heterocycles. The molecule has 0 fully saturated rings. The first-order chi connectivity index (χ1) is 11.7. The molecule has 0 aliphatic carbocycles. The molecule has 1 aliphatic rings. The topological polar surface area (TPSA) is 59.5 Å². The number of fused-ring (bicyclic) bond motifs is 1. The summed E-state index contributed by atoms with van der Waals surface area (Å²) in [5.74, 6) is 2.89. The molecule has 0 bridgehead atoms. The van der Waals surface area contributed by atoms with Crippen LogP contribution in [0.1, 0.15) is 18.9 Å². The van der Waals surface area contributed by atoms with Crippen LogP contribution >= 0.6 is 0 Å². The van der Waals surface area contributed by atoms with Crippen LogP contribution in [0.4, 0.5) is 17.5 Å². The molecule has 1 aromatic carbocycles. The lowest BCUT2D eigenvalue weighted by Crippen LogP contribution is -2.28. The largest absolute Gasteiger partial charge is 0.493 e. The van der Waals surface area contributed by atoms with Crippen molar-refractivity contribution in [1.29, 1.82) is 0 Å². The summed E-state index contributed by atoms with van der Waals surface area (Å²) in [7, 11) is 3.24. The zero-order valence-electron chi connectivity index (χ0n) is 14.2. The molecule has 0 atom stereocenters. The lowest BCUT2D eigenvalue weighted by atomic mass is 10.2. The van der Waals surface area contributed by atoms with Gasteiger partial charge in [0.25, 0.3) is 0 Å². The number of nitrogens with one attached hydrogen (secondary N) is 1. The number of anilines is 3. The van der Waals surface area contributed by atoms with E-state index in [1.165, 1.54) is 0 Å². The first kappa shape index (κ1) is 16.1. The van der Waals surface area contributed by atoms with E-state index in [9.17, 15) is 0 Å². The molecule has 0 unspecified atom stereocenters. The average Bonchev–Trinajstić information content (AvgIpc) is 2.62. The highest BCUT2D eigenvalue weighted by Gasteiger charge is 2.15. The normalized spacial score (nSPS) is 12.7. The van der Waals surface area contributed by atoms with Crippen molar-refractivity contribution < 1.29 is 9.47 Å². The van der Waals surface area contributed by atoms with Gasteiger partial charge in [0.05, 0.1) is 14.2 Å². The molecule has 3 rings (SSSR count). The van der Waals surface area contributed by atoms with Crippen LogP contribution in [0.2, 0.25) is 0 Å². The third-order valence-corrected chi connectivity index (χ3v) is 3.85. The molecule has 0 spiro atoms. The summed E-state index contributed by atoms with van der Waals surface area (Å²) >= 11 is 0. The summed E-state index contributed by atoms with van der Waals surface area (Å²) in [6.45, 7) is 4.03. The zero-order chi connectivity index (χ0) is 16.9. The lowest BCUT2D eigenvalue weighted by Gasteiger charge is -2.26. The van der Waals surface area contributed by atoms with Crippen molar-refractivity contribution in [2.75, 3.05) is 37.5 Å². The third-order valence-electron chi connectivity index (χ3n) is 3.85. The minimum absolute atomic E-state index is 0.567. The van der Waals surface area contributed by atoms with Gasteiger partial charge in [0, 0.05) is 36.6 Å². The fourth-order valence-electron chi connectivity index (χ4n) is 2.72. The van der Waals surface area contributed by atoms with Gasteiger partial charge in [-0.05, 0) is 18.6 Å². The molecule has 0 radical (unpaired) electrons. The Labute approximate surface area is 142 Å². The number of benzene rings is 1. The van der Waals surface area contributed by atoms with Gasteiger partial charge in [0.2, 0.25) is 5.95 Å². The maximum Gasteiger partial charge on any atom is 0.229 e. The molecule has 24 heavy (non-hydrogen) atoms. The first-order valence-corrected chi connectivity index (χ1v) is 8.02. The Balaban J connectivity index is 1.86. The van der Waals surface area contributed by atoms with Gasteiger partial charge in [-0.1, -0.05) is 19.1 Å². The fourth-order valence-corrected chi connectivity index (χ4v) is 2.72. The minimum Gasteiger partial charge on any atom is -0.493 e. The summed E-state index contributed by atoms with van der Waals surface area (Å²) in [5.41, 5.74) is 1.90. The Morgan fingerprint density at radius 3 is 2.79 bits per heavy atom. The monoisotopic (exact) mass is 326 g/mol. The van der Waals surface area contributed by atoms with Crippen LogP contribution in [0.15, 0.2) is 30.5 Å². The van der Waals surface area contributed by atoms with E-state index < -0.39 is 0 Å². The maximum atomic E-state index is 5.33. The third kappa shape index (κ3) is 3.27. The van der Waals surface area contributed by atoms with Gasteiger partial charge >= 0.3 is 0 Å². The van der Waals surface area contributed by atoms with Crippen molar-refractivity contribution in [2.45, 2.75) is 13.3 Å². The van der Waals surface area contributed by atoms with Gasteiger partial charge in [0.15, 0.2) is 11.5 Å². The van der Waals surface area contributed by atoms with Crippen LogP contribution in [0, 0.1) is 0 Å². The molecule has 0 saturated heterocycles. The van der Waals surface area contributed by atoms with Gasteiger partial charge in [-0.3, -0.25) is 0 Å². The van der Waals surface area contributed by atoms with Gasteiger partial charge in [-0.2, -0.15) is 4.98 Å². The summed E-state index contributed by atoms with van der Waals surface area (Å²) in [5, 5.41) is 3.23. The minimum atomic E-state index is 0.567. The van der Waals surface area contributed by atoms with E-state index in [0.29, 0.717) is 17.4 Å². The van der Waals surface area contributed by atoms with Crippen LogP contribution in [-0.4, -0.2) is 37.3 Å². The van der Waals surface area contributed by atoms with Crippen LogP contribution < -0.4 is 19.7 Å². The number of hydrogen-bond donors (Lipinski definition) is 1. The van der Waals surface area contributed by atoms with Crippen molar-refractivity contribution in [1.82, 2.24) is 9.97 Å². The van der Waals surface area contributed by atoms with Gasteiger partial charge in [-0.15, -0.1) is 0 Å². The molecule has 2 aromatic rings. The number of rotatable bonds is 6. The quantitative estimate of drug-likeness (QED) is 0.877. The van der Waals surface area contributed by atoms with E-state index in [1.807, 2.05) is 24.4 Å². The van der Waals surface area contributed by atoms with E-state index in [-0.39, 0.29) is 0 Å². The van der Waals surface area contributed by atoms with Crippen LogP contribution in [0.5, 0.6) is 11.5 Å². The van der Waals surface area contributed by atoms with E-state index in [2.05, 4.69) is 39.3 Å². The molecule has 126 valence electrons. The smallest absolute Gasteiger partial charge is 0.229 e. The number of nitrogens with zero attached hydrogens (tertiary/aromatic N) is 3. The second kappa shape index (κ2) is 7.21. The van der Waals surface area contributed by atoms with Gasteiger partial charge in [-0.25, -0.2) is 4.98 Å². The summed E-state index contributed by atoms with van der Waals surface area (Å²) in [6.07, 6.45) is 7.14. The van der Waals surface area contributed by atoms with Crippen molar-refractivity contribution in [3.05, 3.63) is 36.0 Å². The van der Waals surface area contributed by atoms with Crippen LogP contribution in [-0.2, 0) is 0 Å². The van der Waals surface area contributed by atoms with Crippen LogP contribution in [0.3, 0.4) is 0 Å². The highest BCUT2D eigenvalue weighted by atomic mass is 16.5. The SMILES string of the molecule is CCCN1CC=Cc2cnc(Nc3ccc(OC)c(OC)c3)nc21. The number of ether oxygens (including phenoxy) is 2. The Bertz CT molecular complexity index is 746. The Hall–Kier alpha value is -2.76. The van der Waals surface area contributed by atoms with Gasteiger partial charge < -0.3 is 19.7 Å².